The minimum atomic E-state index is -3.63. The Balaban J connectivity index is 1.32. The third-order valence-electron chi connectivity index (χ3n) is 5.21. The molecule has 8 nitrogen and oxygen atoms in total. The van der Waals surface area contributed by atoms with Crippen molar-refractivity contribution in [1.82, 2.24) is 15.2 Å². The van der Waals surface area contributed by atoms with Crippen molar-refractivity contribution >= 4 is 32.6 Å². The van der Waals surface area contributed by atoms with E-state index in [1.165, 1.54) is 28.6 Å². The summed E-state index contributed by atoms with van der Waals surface area (Å²) in [4.78, 5) is 24.5. The summed E-state index contributed by atoms with van der Waals surface area (Å²) in [5, 5.41) is 2.05. The van der Waals surface area contributed by atoms with Crippen LogP contribution in [-0.4, -0.2) is 44.2 Å². The molecule has 1 heterocycles. The van der Waals surface area contributed by atoms with E-state index in [2.05, 4.69) is 10.9 Å². The number of sulfonamides is 1. The summed E-state index contributed by atoms with van der Waals surface area (Å²) >= 11 is 0. The van der Waals surface area contributed by atoms with Gasteiger partial charge in [-0.1, -0.05) is 36.4 Å². The third kappa shape index (κ3) is 4.90. The Morgan fingerprint density at radius 2 is 1.62 bits per heavy atom. The van der Waals surface area contributed by atoms with Gasteiger partial charge in [0, 0.05) is 18.7 Å². The van der Waals surface area contributed by atoms with Crippen molar-refractivity contribution in [1.29, 1.82) is 0 Å². The van der Waals surface area contributed by atoms with Crippen LogP contribution < -0.4 is 15.6 Å². The van der Waals surface area contributed by atoms with Crippen molar-refractivity contribution in [3.8, 4) is 5.75 Å². The van der Waals surface area contributed by atoms with Gasteiger partial charge in [0.1, 0.15) is 5.75 Å². The van der Waals surface area contributed by atoms with Gasteiger partial charge in [0.2, 0.25) is 10.0 Å². The molecule has 0 spiro atoms. The number of rotatable bonds is 6. The van der Waals surface area contributed by atoms with E-state index in [4.69, 9.17) is 4.74 Å². The molecule has 4 rings (SSSR count). The number of fused-ring (bicyclic) bond motifs is 1. The molecular formula is C23H23N3O5S. The molecule has 1 fully saturated rings. The Morgan fingerprint density at radius 3 is 2.41 bits per heavy atom. The highest BCUT2D eigenvalue weighted by atomic mass is 32.2. The molecule has 0 unspecified atom stereocenters. The summed E-state index contributed by atoms with van der Waals surface area (Å²) in [6.45, 7) is 0.667. The molecule has 2 N–H and O–H groups in total. The number of carbonyl (C=O) groups excluding carboxylic acids is 2. The monoisotopic (exact) mass is 453 g/mol. The average molecular weight is 454 g/mol. The normalized spacial score (nSPS) is 14.2. The molecule has 0 saturated carbocycles. The number of amides is 2. The first-order valence-corrected chi connectivity index (χ1v) is 11.7. The van der Waals surface area contributed by atoms with E-state index in [0.717, 1.165) is 23.6 Å². The van der Waals surface area contributed by atoms with Crippen molar-refractivity contribution in [2.45, 2.75) is 17.7 Å². The molecule has 166 valence electrons. The third-order valence-corrected chi connectivity index (χ3v) is 7.10. The van der Waals surface area contributed by atoms with E-state index < -0.39 is 21.8 Å². The Hall–Kier alpha value is -3.43. The maximum absolute atomic E-state index is 12.7. The van der Waals surface area contributed by atoms with Crippen LogP contribution in [0.25, 0.3) is 10.8 Å². The molecule has 0 radical (unpaired) electrons. The topological polar surface area (TPSA) is 105 Å². The zero-order chi connectivity index (χ0) is 22.6. The number of hydrogen-bond acceptors (Lipinski definition) is 5. The minimum absolute atomic E-state index is 0.0537. The molecule has 9 heteroatoms. The molecule has 3 aromatic carbocycles. The maximum Gasteiger partial charge on any atom is 0.276 e. The largest absolute Gasteiger partial charge is 0.484 e. The van der Waals surface area contributed by atoms with Gasteiger partial charge in [-0.2, -0.15) is 4.31 Å². The van der Waals surface area contributed by atoms with Gasteiger partial charge in [-0.15, -0.1) is 0 Å². The SMILES string of the molecule is O=C(COc1ccc2ccccc2c1)NNC(=O)c1cccc(S(=O)(=O)N2CCCC2)c1. The summed E-state index contributed by atoms with van der Waals surface area (Å²) in [5.74, 6) is -0.639. The van der Waals surface area contributed by atoms with Gasteiger partial charge in [-0.25, -0.2) is 8.42 Å². The van der Waals surface area contributed by atoms with Crippen LogP contribution >= 0.6 is 0 Å². The number of ether oxygens (including phenoxy) is 1. The number of nitrogens with zero attached hydrogens (tertiary/aromatic N) is 1. The van der Waals surface area contributed by atoms with Crippen LogP contribution in [0, 0.1) is 0 Å². The van der Waals surface area contributed by atoms with E-state index >= 15 is 0 Å². The maximum atomic E-state index is 12.7. The lowest BCUT2D eigenvalue weighted by Crippen LogP contribution is -2.43. The smallest absolute Gasteiger partial charge is 0.276 e. The Labute approximate surface area is 186 Å². The van der Waals surface area contributed by atoms with Crippen LogP contribution in [0.3, 0.4) is 0 Å². The second kappa shape index (κ2) is 9.37. The summed E-state index contributed by atoms with van der Waals surface area (Å²) in [6.07, 6.45) is 1.65. The summed E-state index contributed by atoms with van der Waals surface area (Å²) in [5.41, 5.74) is 4.69. The quantitative estimate of drug-likeness (QED) is 0.558. The highest BCUT2D eigenvalue weighted by Gasteiger charge is 2.27. The van der Waals surface area contributed by atoms with Gasteiger partial charge < -0.3 is 4.74 Å². The van der Waals surface area contributed by atoms with Crippen molar-refractivity contribution in [2.75, 3.05) is 19.7 Å². The summed E-state index contributed by atoms with van der Waals surface area (Å²) < 4.78 is 32.3. The molecule has 0 aromatic heterocycles. The molecule has 0 atom stereocenters. The van der Waals surface area contributed by atoms with Gasteiger partial charge in [-0.05, 0) is 53.9 Å². The first-order chi connectivity index (χ1) is 15.4. The molecule has 2 amide bonds. The van der Waals surface area contributed by atoms with E-state index in [-0.39, 0.29) is 17.1 Å². The number of nitrogens with one attached hydrogen (secondary N) is 2. The second-order valence-corrected chi connectivity index (χ2v) is 9.38. The fourth-order valence-corrected chi connectivity index (χ4v) is 5.08. The van der Waals surface area contributed by atoms with Crippen molar-refractivity contribution in [3.63, 3.8) is 0 Å². The zero-order valence-corrected chi connectivity index (χ0v) is 18.1. The van der Waals surface area contributed by atoms with Crippen LogP contribution in [0.15, 0.2) is 71.6 Å². The number of hydrazine groups is 1. The van der Waals surface area contributed by atoms with E-state index in [0.29, 0.717) is 18.8 Å². The summed E-state index contributed by atoms with van der Waals surface area (Å²) in [6, 6.07) is 19.0. The predicted octanol–water partition coefficient (Wildman–Crippen LogP) is 2.46. The van der Waals surface area contributed by atoms with Crippen LogP contribution in [0.1, 0.15) is 23.2 Å². The van der Waals surface area contributed by atoms with E-state index in [1.54, 1.807) is 6.07 Å². The van der Waals surface area contributed by atoms with Crippen LogP contribution in [0.5, 0.6) is 5.75 Å². The molecular weight excluding hydrogens is 430 g/mol. The van der Waals surface area contributed by atoms with Crippen LogP contribution in [0.4, 0.5) is 0 Å². The lowest BCUT2D eigenvalue weighted by molar-refractivity contribution is -0.123. The molecule has 1 saturated heterocycles. The van der Waals surface area contributed by atoms with Gasteiger partial charge in [-0.3, -0.25) is 20.4 Å². The Morgan fingerprint density at radius 1 is 0.875 bits per heavy atom. The van der Waals surface area contributed by atoms with Crippen LogP contribution in [-0.2, 0) is 14.8 Å². The molecule has 0 aliphatic carbocycles. The Kier molecular flexibility index (Phi) is 6.38. The first-order valence-electron chi connectivity index (χ1n) is 10.2. The number of carbonyl (C=O) groups is 2. The van der Waals surface area contributed by atoms with Gasteiger partial charge >= 0.3 is 0 Å². The molecule has 32 heavy (non-hydrogen) atoms. The molecule has 1 aliphatic heterocycles. The van der Waals surface area contributed by atoms with E-state index in [9.17, 15) is 18.0 Å². The van der Waals surface area contributed by atoms with Gasteiger partial charge in [0.25, 0.3) is 11.8 Å². The lowest BCUT2D eigenvalue weighted by Gasteiger charge is -2.16. The molecule has 3 aromatic rings. The van der Waals surface area contributed by atoms with Crippen molar-refractivity contribution < 1.29 is 22.7 Å². The van der Waals surface area contributed by atoms with Crippen molar-refractivity contribution in [2.24, 2.45) is 0 Å². The standard InChI is InChI=1S/C23H23N3O5S/c27-22(16-31-20-11-10-17-6-1-2-7-18(17)14-20)24-25-23(28)19-8-5-9-21(15-19)32(29,30)26-12-3-4-13-26/h1-2,5-11,14-15H,3-4,12-13,16H2,(H,24,27)(H,25,28). The van der Waals surface area contributed by atoms with Gasteiger partial charge in [0.15, 0.2) is 6.61 Å². The molecule has 1 aliphatic rings. The lowest BCUT2D eigenvalue weighted by atomic mass is 10.1. The predicted molar refractivity (Wildman–Crippen MR) is 119 cm³/mol. The zero-order valence-electron chi connectivity index (χ0n) is 17.3. The number of benzene rings is 3. The minimum Gasteiger partial charge on any atom is -0.484 e. The highest BCUT2D eigenvalue weighted by Crippen LogP contribution is 2.22. The Bertz CT molecular complexity index is 1250. The second-order valence-electron chi connectivity index (χ2n) is 7.44. The number of hydrogen-bond donors (Lipinski definition) is 2. The highest BCUT2D eigenvalue weighted by molar-refractivity contribution is 7.89. The summed E-state index contributed by atoms with van der Waals surface area (Å²) in [7, 11) is -3.63. The fraction of sp³-hybridized carbons (Fsp3) is 0.217. The van der Waals surface area contributed by atoms with E-state index in [1.807, 2.05) is 36.4 Å². The first kappa shape index (κ1) is 21.8. The average Bonchev–Trinajstić information content (AvgIpc) is 3.37. The van der Waals surface area contributed by atoms with Crippen molar-refractivity contribution in [3.05, 3.63) is 72.3 Å². The molecule has 0 bridgehead atoms. The fourth-order valence-electron chi connectivity index (χ4n) is 3.52. The van der Waals surface area contributed by atoms with Gasteiger partial charge in [0.05, 0.1) is 4.90 Å². The van der Waals surface area contributed by atoms with Crippen LogP contribution in [0.2, 0.25) is 0 Å².